The van der Waals surface area contributed by atoms with Crippen LogP contribution in [0.15, 0.2) is 11.6 Å². The number of carboxylic acid groups (broad SMARTS) is 1. The van der Waals surface area contributed by atoms with Crippen molar-refractivity contribution in [1.29, 1.82) is 0 Å². The number of rotatable bonds is 4. The van der Waals surface area contributed by atoms with Crippen molar-refractivity contribution in [3.8, 4) is 0 Å². The van der Waals surface area contributed by atoms with E-state index in [1.54, 1.807) is 6.20 Å². The van der Waals surface area contributed by atoms with Gasteiger partial charge in [-0.1, -0.05) is 0 Å². The fourth-order valence-electron chi connectivity index (χ4n) is 2.07. The van der Waals surface area contributed by atoms with Gasteiger partial charge in [-0.3, -0.25) is 9.69 Å². The van der Waals surface area contributed by atoms with Gasteiger partial charge in [0.15, 0.2) is 11.0 Å². The second-order valence-corrected chi connectivity index (χ2v) is 5.41. The molecule has 9 heteroatoms. The number of carbonyl (C=O) groups is 1. The fourth-order valence-corrected chi connectivity index (χ4v) is 2.77. The summed E-state index contributed by atoms with van der Waals surface area (Å²) in [7, 11) is 0. The molecule has 0 amide bonds. The molecule has 5 nitrogen and oxygen atoms in total. The number of alkyl halides is 3. The van der Waals surface area contributed by atoms with Crippen LogP contribution in [0.3, 0.4) is 0 Å². The third-order valence-electron chi connectivity index (χ3n) is 3.20. The van der Waals surface area contributed by atoms with E-state index in [1.807, 2.05) is 10.3 Å². The molecule has 1 unspecified atom stereocenters. The Bertz CT molecular complexity index is 444. The number of hydrogen-bond acceptors (Lipinski definition) is 5. The Morgan fingerprint density at radius 3 is 2.50 bits per heavy atom. The molecule has 1 aromatic rings. The van der Waals surface area contributed by atoms with Crippen LogP contribution < -0.4 is 4.90 Å². The van der Waals surface area contributed by atoms with E-state index in [1.165, 1.54) is 16.2 Å². The predicted octanol–water partition coefficient (Wildman–Crippen LogP) is 1.53. The van der Waals surface area contributed by atoms with Crippen LogP contribution in [0.25, 0.3) is 0 Å². The Balaban J connectivity index is 1.89. The van der Waals surface area contributed by atoms with Crippen molar-refractivity contribution < 1.29 is 23.1 Å². The molecule has 20 heavy (non-hydrogen) atoms. The van der Waals surface area contributed by atoms with Crippen molar-refractivity contribution in [2.75, 3.05) is 37.6 Å². The summed E-state index contributed by atoms with van der Waals surface area (Å²) in [5, 5.41) is 11.4. The number of halogens is 3. The lowest BCUT2D eigenvalue weighted by molar-refractivity contribution is -0.196. The number of piperazine rings is 1. The maximum atomic E-state index is 12.6. The molecule has 2 rings (SSSR count). The van der Waals surface area contributed by atoms with E-state index in [0.717, 1.165) is 5.13 Å². The molecule has 1 aliphatic rings. The Morgan fingerprint density at radius 1 is 1.40 bits per heavy atom. The van der Waals surface area contributed by atoms with Crippen LogP contribution in [0.1, 0.15) is 0 Å². The summed E-state index contributed by atoms with van der Waals surface area (Å²) >= 11 is 1.48. The van der Waals surface area contributed by atoms with Crippen LogP contribution in [0, 0.1) is 5.92 Å². The van der Waals surface area contributed by atoms with Crippen LogP contribution in [-0.4, -0.2) is 59.9 Å². The van der Waals surface area contributed by atoms with Crippen molar-refractivity contribution in [3.63, 3.8) is 0 Å². The molecular weight excluding hydrogens is 295 g/mol. The third kappa shape index (κ3) is 3.60. The predicted molar refractivity (Wildman–Crippen MR) is 67.9 cm³/mol. The standard InChI is InChI=1S/C11H14F3N3O2S/c12-11(13,14)8(9(18)19)7-16-2-4-17(5-3-16)10-15-1-6-20-10/h1,6,8H,2-5,7H2,(H,18,19). The summed E-state index contributed by atoms with van der Waals surface area (Å²) < 4.78 is 37.8. The number of aliphatic carboxylic acids is 1. The summed E-state index contributed by atoms with van der Waals surface area (Å²) in [5.41, 5.74) is 0. The maximum Gasteiger partial charge on any atom is 0.403 e. The first-order valence-corrected chi connectivity index (χ1v) is 6.92. The normalized spacial score (nSPS) is 19.1. The minimum absolute atomic E-state index is 0.402. The van der Waals surface area contributed by atoms with E-state index < -0.39 is 24.6 Å². The van der Waals surface area contributed by atoms with E-state index in [2.05, 4.69) is 4.98 Å². The van der Waals surface area contributed by atoms with Gasteiger partial charge >= 0.3 is 12.1 Å². The molecule has 0 aliphatic carbocycles. The summed E-state index contributed by atoms with van der Waals surface area (Å²) in [6.45, 7) is 1.42. The number of aromatic nitrogens is 1. The van der Waals surface area contributed by atoms with E-state index in [9.17, 15) is 18.0 Å². The minimum Gasteiger partial charge on any atom is -0.481 e. The zero-order valence-electron chi connectivity index (χ0n) is 10.5. The highest BCUT2D eigenvalue weighted by molar-refractivity contribution is 7.13. The molecule has 0 aromatic carbocycles. The first-order valence-electron chi connectivity index (χ1n) is 6.04. The first kappa shape index (κ1) is 15.0. The number of thiazole rings is 1. The van der Waals surface area contributed by atoms with E-state index >= 15 is 0 Å². The zero-order valence-corrected chi connectivity index (χ0v) is 11.3. The van der Waals surface area contributed by atoms with Crippen LogP contribution in [-0.2, 0) is 4.79 Å². The summed E-state index contributed by atoms with van der Waals surface area (Å²) in [4.78, 5) is 18.4. The molecule has 0 saturated carbocycles. The minimum atomic E-state index is -4.71. The fraction of sp³-hybridized carbons (Fsp3) is 0.636. The van der Waals surface area contributed by atoms with E-state index in [4.69, 9.17) is 5.11 Å². The quantitative estimate of drug-likeness (QED) is 0.914. The highest BCUT2D eigenvalue weighted by Crippen LogP contribution is 2.28. The lowest BCUT2D eigenvalue weighted by Crippen LogP contribution is -2.50. The van der Waals surface area contributed by atoms with E-state index in [-0.39, 0.29) is 0 Å². The van der Waals surface area contributed by atoms with Gasteiger partial charge in [-0.2, -0.15) is 13.2 Å². The lowest BCUT2D eigenvalue weighted by Gasteiger charge is -2.35. The summed E-state index contributed by atoms with van der Waals surface area (Å²) in [5.74, 6) is -4.14. The average Bonchev–Trinajstić information content (AvgIpc) is 2.88. The van der Waals surface area contributed by atoms with Crippen molar-refractivity contribution in [3.05, 3.63) is 11.6 Å². The van der Waals surface area contributed by atoms with Gasteiger partial charge in [0.1, 0.15) is 0 Å². The SMILES string of the molecule is O=C(O)C(CN1CCN(c2nccs2)CC1)C(F)(F)F. The van der Waals surface area contributed by atoms with Gasteiger partial charge in [0.05, 0.1) is 0 Å². The number of nitrogens with zero attached hydrogens (tertiary/aromatic N) is 3. The molecule has 1 saturated heterocycles. The Kier molecular flexibility index (Phi) is 4.48. The molecule has 112 valence electrons. The zero-order chi connectivity index (χ0) is 14.8. The number of hydrogen-bond donors (Lipinski definition) is 1. The molecule has 0 radical (unpaired) electrons. The van der Waals surface area contributed by atoms with E-state index in [0.29, 0.717) is 26.2 Å². The molecule has 1 aromatic heterocycles. The lowest BCUT2D eigenvalue weighted by atomic mass is 10.1. The molecule has 1 atom stereocenters. The van der Waals surface area contributed by atoms with Crippen molar-refractivity contribution in [1.82, 2.24) is 9.88 Å². The molecular formula is C11H14F3N3O2S. The second kappa shape index (κ2) is 5.96. The molecule has 1 N–H and O–H groups in total. The van der Waals surface area contributed by atoms with Crippen LogP contribution in [0.5, 0.6) is 0 Å². The largest absolute Gasteiger partial charge is 0.481 e. The number of carboxylic acids is 1. The Hall–Kier alpha value is -1.35. The monoisotopic (exact) mass is 309 g/mol. The van der Waals surface area contributed by atoms with Gasteiger partial charge < -0.3 is 10.0 Å². The maximum absolute atomic E-state index is 12.6. The van der Waals surface area contributed by atoms with Crippen LogP contribution in [0.4, 0.5) is 18.3 Å². The van der Waals surface area contributed by atoms with Crippen molar-refractivity contribution in [2.24, 2.45) is 5.92 Å². The smallest absolute Gasteiger partial charge is 0.403 e. The molecule has 0 bridgehead atoms. The van der Waals surface area contributed by atoms with Gasteiger partial charge in [0.25, 0.3) is 0 Å². The molecule has 1 fully saturated rings. The van der Waals surface area contributed by atoms with Crippen LogP contribution >= 0.6 is 11.3 Å². The molecule has 2 heterocycles. The van der Waals surface area contributed by atoms with Crippen LogP contribution in [0.2, 0.25) is 0 Å². The van der Waals surface area contributed by atoms with Gasteiger partial charge in [0.2, 0.25) is 0 Å². The van der Waals surface area contributed by atoms with Gasteiger partial charge in [-0.15, -0.1) is 11.3 Å². The summed E-state index contributed by atoms with van der Waals surface area (Å²) in [6, 6.07) is 0. The molecule has 0 spiro atoms. The highest BCUT2D eigenvalue weighted by atomic mass is 32.1. The topological polar surface area (TPSA) is 56.7 Å². The van der Waals surface area contributed by atoms with Gasteiger partial charge in [0, 0.05) is 44.3 Å². The average molecular weight is 309 g/mol. The van der Waals surface area contributed by atoms with Gasteiger partial charge in [-0.05, 0) is 0 Å². The summed E-state index contributed by atoms with van der Waals surface area (Å²) in [6.07, 6.45) is -3.03. The second-order valence-electron chi connectivity index (χ2n) is 4.53. The highest BCUT2D eigenvalue weighted by Gasteiger charge is 2.46. The number of anilines is 1. The van der Waals surface area contributed by atoms with Crippen molar-refractivity contribution >= 4 is 22.4 Å². The Labute approximate surface area is 117 Å². The van der Waals surface area contributed by atoms with Crippen molar-refractivity contribution in [2.45, 2.75) is 6.18 Å². The van der Waals surface area contributed by atoms with Gasteiger partial charge in [-0.25, -0.2) is 4.98 Å². The Morgan fingerprint density at radius 2 is 2.05 bits per heavy atom. The third-order valence-corrected chi connectivity index (χ3v) is 4.03. The molecule has 1 aliphatic heterocycles. The first-order chi connectivity index (χ1) is 9.38.